The maximum Gasteiger partial charge on any atom is 0.194 e. The van der Waals surface area contributed by atoms with Crippen molar-refractivity contribution >= 4 is 41.7 Å². The van der Waals surface area contributed by atoms with Crippen LogP contribution in [0, 0.1) is 0 Å². The Kier molecular flexibility index (Phi) is 7.21. The third kappa shape index (κ3) is 4.77. The Hall–Kier alpha value is -0.510. The highest BCUT2D eigenvalue weighted by Crippen LogP contribution is 2.29. The van der Waals surface area contributed by atoms with Gasteiger partial charge in [0.15, 0.2) is 11.8 Å². The standard InChI is InChI=1S/C16H28N6S.HI/c1-16(2)12-21(9-10-23-16)15(17-3)18-11-14-20-19-13-7-5-4-6-8-22(13)14;/h4-12H2,1-3H3,(H,17,18);1H. The van der Waals surface area contributed by atoms with Crippen LogP contribution in [0.3, 0.4) is 0 Å². The predicted molar refractivity (Wildman–Crippen MR) is 111 cm³/mol. The fraction of sp³-hybridized carbons (Fsp3) is 0.812. The van der Waals surface area contributed by atoms with E-state index in [0.717, 1.165) is 49.4 Å². The van der Waals surface area contributed by atoms with E-state index in [9.17, 15) is 0 Å². The Bertz CT molecular complexity index is 571. The number of aromatic nitrogens is 3. The first kappa shape index (κ1) is 19.8. The molecule has 8 heteroatoms. The average Bonchev–Trinajstić information content (AvgIpc) is 2.75. The lowest BCUT2D eigenvalue weighted by Gasteiger charge is -2.39. The molecule has 0 saturated carbocycles. The van der Waals surface area contributed by atoms with Crippen molar-refractivity contribution < 1.29 is 0 Å². The first-order chi connectivity index (χ1) is 11.1. The zero-order valence-electron chi connectivity index (χ0n) is 14.9. The van der Waals surface area contributed by atoms with Crippen LogP contribution >= 0.6 is 35.7 Å². The molecule has 24 heavy (non-hydrogen) atoms. The smallest absolute Gasteiger partial charge is 0.194 e. The third-order valence-electron chi connectivity index (χ3n) is 4.53. The topological polar surface area (TPSA) is 58.3 Å². The summed E-state index contributed by atoms with van der Waals surface area (Å²) in [6, 6.07) is 0. The second kappa shape index (κ2) is 8.73. The Labute approximate surface area is 166 Å². The van der Waals surface area contributed by atoms with Crippen molar-refractivity contribution in [2.75, 3.05) is 25.9 Å². The van der Waals surface area contributed by atoms with Gasteiger partial charge >= 0.3 is 0 Å². The number of fused-ring (bicyclic) bond motifs is 1. The highest BCUT2D eigenvalue weighted by atomic mass is 127. The van der Waals surface area contributed by atoms with Gasteiger partial charge in [-0.1, -0.05) is 6.42 Å². The van der Waals surface area contributed by atoms with E-state index in [2.05, 4.69) is 43.8 Å². The monoisotopic (exact) mass is 464 g/mol. The molecule has 0 radical (unpaired) electrons. The molecule has 0 spiro atoms. The van der Waals surface area contributed by atoms with E-state index in [1.165, 1.54) is 19.3 Å². The van der Waals surface area contributed by atoms with Crippen molar-refractivity contribution in [2.45, 2.75) is 57.4 Å². The first-order valence-electron chi connectivity index (χ1n) is 8.59. The molecule has 0 unspecified atom stereocenters. The van der Waals surface area contributed by atoms with Crippen LogP contribution in [0.2, 0.25) is 0 Å². The molecule has 0 amide bonds. The minimum atomic E-state index is 0. The highest BCUT2D eigenvalue weighted by molar-refractivity contribution is 14.0. The molecule has 3 heterocycles. The van der Waals surface area contributed by atoms with E-state index >= 15 is 0 Å². The lowest BCUT2D eigenvalue weighted by molar-refractivity contribution is 0.375. The van der Waals surface area contributed by atoms with Crippen LogP contribution in [0.25, 0.3) is 0 Å². The molecule has 2 aliphatic rings. The summed E-state index contributed by atoms with van der Waals surface area (Å²) in [5.41, 5.74) is 0. The van der Waals surface area contributed by atoms with Crippen LogP contribution in [0.1, 0.15) is 44.8 Å². The SMILES string of the molecule is CN=C(NCc1nnc2n1CCCCC2)N1CCSC(C)(C)C1.I. The predicted octanol–water partition coefficient (Wildman–Crippen LogP) is 2.53. The molecule has 1 aromatic rings. The quantitative estimate of drug-likeness (QED) is 0.414. The van der Waals surface area contributed by atoms with E-state index in [-0.39, 0.29) is 28.7 Å². The van der Waals surface area contributed by atoms with Gasteiger partial charge in [0, 0.05) is 43.6 Å². The summed E-state index contributed by atoms with van der Waals surface area (Å²) in [5.74, 6) is 4.30. The fourth-order valence-electron chi connectivity index (χ4n) is 3.36. The van der Waals surface area contributed by atoms with E-state index in [1.54, 1.807) is 0 Å². The lowest BCUT2D eigenvalue weighted by Crippen LogP contribution is -2.50. The van der Waals surface area contributed by atoms with Gasteiger partial charge in [-0.05, 0) is 26.7 Å². The van der Waals surface area contributed by atoms with Crippen molar-refractivity contribution in [3.63, 3.8) is 0 Å². The zero-order valence-corrected chi connectivity index (χ0v) is 18.1. The number of nitrogens with zero attached hydrogens (tertiary/aromatic N) is 5. The molecule has 136 valence electrons. The molecule has 0 aliphatic carbocycles. The van der Waals surface area contributed by atoms with Gasteiger partial charge in [0.25, 0.3) is 0 Å². The Balaban J connectivity index is 0.00000208. The number of thioether (sulfide) groups is 1. The van der Waals surface area contributed by atoms with Gasteiger partial charge in [-0.15, -0.1) is 34.2 Å². The molecule has 1 N–H and O–H groups in total. The van der Waals surface area contributed by atoms with Crippen molar-refractivity contribution in [1.29, 1.82) is 0 Å². The van der Waals surface area contributed by atoms with Crippen LogP contribution in [0.5, 0.6) is 0 Å². The lowest BCUT2D eigenvalue weighted by atomic mass is 10.2. The fourth-order valence-corrected chi connectivity index (χ4v) is 4.48. The molecule has 2 aliphatic heterocycles. The molecule has 6 nitrogen and oxygen atoms in total. The second-order valence-corrected chi connectivity index (χ2v) is 8.73. The van der Waals surface area contributed by atoms with Crippen LogP contribution in [-0.4, -0.2) is 56.3 Å². The van der Waals surface area contributed by atoms with E-state index in [4.69, 9.17) is 0 Å². The summed E-state index contributed by atoms with van der Waals surface area (Å²) >= 11 is 2.04. The number of rotatable bonds is 2. The molecule has 0 atom stereocenters. The summed E-state index contributed by atoms with van der Waals surface area (Å²) < 4.78 is 2.57. The molecule has 0 aromatic carbocycles. The Morgan fingerprint density at radius 1 is 1.25 bits per heavy atom. The number of halogens is 1. The second-order valence-electron chi connectivity index (χ2n) is 6.93. The van der Waals surface area contributed by atoms with Gasteiger partial charge in [0.1, 0.15) is 5.82 Å². The van der Waals surface area contributed by atoms with Gasteiger partial charge in [0.2, 0.25) is 0 Å². The summed E-state index contributed by atoms with van der Waals surface area (Å²) in [5, 5.41) is 12.3. The first-order valence-corrected chi connectivity index (χ1v) is 9.58. The van der Waals surface area contributed by atoms with Gasteiger partial charge < -0.3 is 14.8 Å². The number of nitrogens with one attached hydrogen (secondary N) is 1. The number of hydrogen-bond donors (Lipinski definition) is 1. The van der Waals surface area contributed by atoms with Crippen molar-refractivity contribution in [1.82, 2.24) is 25.0 Å². The normalized spacial score (nSPS) is 20.8. The van der Waals surface area contributed by atoms with Crippen LogP contribution in [0.4, 0.5) is 0 Å². The molecule has 1 fully saturated rings. The summed E-state index contributed by atoms with van der Waals surface area (Å²) in [4.78, 5) is 6.83. The van der Waals surface area contributed by atoms with E-state index < -0.39 is 0 Å². The number of aliphatic imine (C=N–C) groups is 1. The van der Waals surface area contributed by atoms with Crippen LogP contribution in [0.15, 0.2) is 4.99 Å². The largest absolute Gasteiger partial charge is 0.349 e. The summed E-state index contributed by atoms with van der Waals surface area (Å²) in [6.07, 6.45) is 4.80. The minimum absolute atomic E-state index is 0. The molecule has 1 aromatic heterocycles. The van der Waals surface area contributed by atoms with Crippen LogP contribution < -0.4 is 5.32 Å². The summed E-state index contributed by atoms with van der Waals surface area (Å²) in [6.45, 7) is 8.42. The van der Waals surface area contributed by atoms with Crippen molar-refractivity contribution in [2.24, 2.45) is 4.99 Å². The van der Waals surface area contributed by atoms with Gasteiger partial charge in [0.05, 0.1) is 6.54 Å². The number of guanidine groups is 1. The third-order valence-corrected chi connectivity index (χ3v) is 5.82. The molecule has 1 saturated heterocycles. The van der Waals surface area contributed by atoms with Gasteiger partial charge in [-0.3, -0.25) is 4.99 Å². The van der Waals surface area contributed by atoms with Crippen LogP contribution in [-0.2, 0) is 19.5 Å². The Morgan fingerprint density at radius 2 is 2.08 bits per heavy atom. The Morgan fingerprint density at radius 3 is 2.83 bits per heavy atom. The van der Waals surface area contributed by atoms with Gasteiger partial charge in [-0.25, -0.2) is 0 Å². The molecule has 3 rings (SSSR count). The highest BCUT2D eigenvalue weighted by Gasteiger charge is 2.28. The van der Waals surface area contributed by atoms with Gasteiger partial charge in [-0.2, -0.15) is 11.8 Å². The zero-order chi connectivity index (χ0) is 16.3. The van der Waals surface area contributed by atoms with E-state index in [1.807, 2.05) is 18.8 Å². The minimum Gasteiger partial charge on any atom is -0.349 e. The van der Waals surface area contributed by atoms with Crippen molar-refractivity contribution in [3.05, 3.63) is 11.6 Å². The number of hydrogen-bond acceptors (Lipinski definition) is 4. The van der Waals surface area contributed by atoms with Crippen molar-refractivity contribution in [3.8, 4) is 0 Å². The maximum atomic E-state index is 4.47. The molecular formula is C16H29IN6S. The molecule has 0 bridgehead atoms. The summed E-state index contributed by atoms with van der Waals surface area (Å²) in [7, 11) is 1.86. The molecular weight excluding hydrogens is 435 g/mol. The number of aryl methyl sites for hydroxylation is 1. The average molecular weight is 464 g/mol. The van der Waals surface area contributed by atoms with E-state index in [0.29, 0.717) is 6.54 Å². The maximum absolute atomic E-state index is 4.47.